The molecule has 0 unspecified atom stereocenters. The second kappa shape index (κ2) is 5.42. The quantitative estimate of drug-likeness (QED) is 0.299. The summed E-state index contributed by atoms with van der Waals surface area (Å²) in [6, 6.07) is 0.777. The van der Waals surface area contributed by atoms with Gasteiger partial charge in [0, 0.05) is 0 Å². The van der Waals surface area contributed by atoms with Crippen LogP contribution in [-0.4, -0.2) is 23.9 Å². The van der Waals surface area contributed by atoms with Crippen LogP contribution >= 0.6 is 0 Å². The van der Waals surface area contributed by atoms with Crippen LogP contribution in [0.3, 0.4) is 0 Å². The predicted molar refractivity (Wildman–Crippen MR) is 74.9 cm³/mol. The molecule has 1 N–H and O–H groups in total. The minimum Gasteiger partial charge on any atom is -0.502 e. The van der Waals surface area contributed by atoms with Crippen LogP contribution in [0.25, 0.3) is 0 Å². The third-order valence-electron chi connectivity index (χ3n) is 2.35. The summed E-state index contributed by atoms with van der Waals surface area (Å²) >= 11 is 0. The summed E-state index contributed by atoms with van der Waals surface area (Å²) < 4.78 is 13.9. The van der Waals surface area contributed by atoms with Gasteiger partial charge in [-0.05, 0) is 13.0 Å². The molecule has 0 amide bonds. The van der Waals surface area contributed by atoms with Crippen molar-refractivity contribution in [3.8, 4) is 17.2 Å². The van der Waals surface area contributed by atoms with Gasteiger partial charge < -0.3 is 5.11 Å². The molecule has 0 heterocycles. The Balaban J connectivity index is 3.68. The molecule has 1 aromatic rings. The zero-order chi connectivity index (χ0) is 15.7. The summed E-state index contributed by atoms with van der Waals surface area (Å²) in [5, 5.41) is 20.8. The molecule has 106 valence electrons. The smallest absolute Gasteiger partial charge is 0.329 e. The summed E-state index contributed by atoms with van der Waals surface area (Å²) in [4.78, 5) is 21.3. The van der Waals surface area contributed by atoms with Crippen molar-refractivity contribution in [2.75, 3.05) is 0 Å². The van der Waals surface area contributed by atoms with Gasteiger partial charge in [-0.25, -0.2) is 4.39 Å². The van der Waals surface area contributed by atoms with Gasteiger partial charge in [-0.3, -0.25) is 14.9 Å². The SMILES string of the molecule is CC(=O)c1cc(F)c(C#C[Si](C)(C)C)c([N+](=O)[O-])c1O. The first-order valence-corrected chi connectivity index (χ1v) is 9.28. The molecule has 0 aliphatic carbocycles. The first kappa shape index (κ1) is 15.9. The summed E-state index contributed by atoms with van der Waals surface area (Å²) in [6.45, 7) is 6.78. The summed E-state index contributed by atoms with van der Waals surface area (Å²) in [7, 11) is -1.87. The minimum atomic E-state index is -1.87. The van der Waals surface area contributed by atoms with Crippen LogP contribution in [0.4, 0.5) is 10.1 Å². The molecule has 20 heavy (non-hydrogen) atoms. The molecule has 0 fully saturated rings. The highest BCUT2D eigenvalue weighted by atomic mass is 28.3. The number of carbonyl (C=O) groups excluding carboxylic acids is 1. The normalized spacial score (nSPS) is 10.7. The van der Waals surface area contributed by atoms with Gasteiger partial charge in [0.25, 0.3) is 0 Å². The maximum absolute atomic E-state index is 13.9. The zero-order valence-electron chi connectivity index (χ0n) is 11.6. The molecular formula is C13H14FNO4Si. The van der Waals surface area contributed by atoms with E-state index in [9.17, 15) is 24.4 Å². The number of nitrogens with zero attached hydrogens (tertiary/aromatic N) is 1. The molecule has 0 aromatic heterocycles. The zero-order valence-corrected chi connectivity index (χ0v) is 12.6. The topological polar surface area (TPSA) is 80.4 Å². The van der Waals surface area contributed by atoms with Gasteiger partial charge in [-0.15, -0.1) is 5.54 Å². The Hall–Kier alpha value is -2.20. The van der Waals surface area contributed by atoms with E-state index in [0.29, 0.717) is 0 Å². The molecule has 0 atom stereocenters. The second-order valence-electron chi connectivity index (χ2n) is 5.29. The Morgan fingerprint density at radius 1 is 1.45 bits per heavy atom. The molecular weight excluding hydrogens is 281 g/mol. The number of rotatable bonds is 2. The Morgan fingerprint density at radius 3 is 2.40 bits per heavy atom. The maximum atomic E-state index is 13.9. The standard InChI is InChI=1S/C13H14FNO4Si/c1-8(16)10-7-11(14)9(5-6-20(2,3)4)12(13(10)17)15(18)19/h7,17H,1-4H3. The van der Waals surface area contributed by atoms with E-state index in [2.05, 4.69) is 11.5 Å². The lowest BCUT2D eigenvalue weighted by atomic mass is 10.0. The van der Waals surface area contributed by atoms with Crippen LogP contribution in [0.5, 0.6) is 5.75 Å². The Labute approximate surface area is 116 Å². The van der Waals surface area contributed by atoms with Gasteiger partial charge in [0.05, 0.1) is 10.5 Å². The number of phenols is 1. The molecule has 0 saturated heterocycles. The number of Topliss-reactive ketones (excluding diaryl/α,β-unsaturated/α-hetero) is 1. The van der Waals surface area contributed by atoms with Crippen molar-refractivity contribution in [1.82, 2.24) is 0 Å². The van der Waals surface area contributed by atoms with Crippen molar-refractivity contribution in [1.29, 1.82) is 0 Å². The predicted octanol–water partition coefficient (Wildman–Crippen LogP) is 2.87. The van der Waals surface area contributed by atoms with Crippen molar-refractivity contribution < 1.29 is 19.2 Å². The first-order chi connectivity index (χ1) is 9.04. The maximum Gasteiger partial charge on any atom is 0.329 e. The average Bonchev–Trinajstić information content (AvgIpc) is 2.27. The summed E-state index contributed by atoms with van der Waals surface area (Å²) in [5.74, 6) is -0.0494. The second-order valence-corrected chi connectivity index (χ2v) is 10.0. The van der Waals surface area contributed by atoms with Gasteiger partial charge in [-0.1, -0.05) is 25.6 Å². The van der Waals surface area contributed by atoms with E-state index < -0.39 is 47.2 Å². The number of nitro benzene ring substituents is 1. The van der Waals surface area contributed by atoms with E-state index in [1.807, 2.05) is 19.6 Å². The van der Waals surface area contributed by atoms with E-state index in [1.54, 1.807) is 0 Å². The number of benzene rings is 1. The highest BCUT2D eigenvalue weighted by Crippen LogP contribution is 2.35. The van der Waals surface area contributed by atoms with Crippen molar-refractivity contribution in [3.05, 3.63) is 33.1 Å². The average molecular weight is 295 g/mol. The van der Waals surface area contributed by atoms with E-state index in [4.69, 9.17) is 0 Å². The summed E-state index contributed by atoms with van der Waals surface area (Å²) in [6.07, 6.45) is 0. The Kier molecular flexibility index (Phi) is 4.30. The van der Waals surface area contributed by atoms with Crippen molar-refractivity contribution in [2.45, 2.75) is 26.6 Å². The molecule has 1 rings (SSSR count). The molecule has 0 radical (unpaired) electrons. The fourth-order valence-electron chi connectivity index (χ4n) is 1.44. The molecule has 0 aliphatic rings. The fourth-order valence-corrected chi connectivity index (χ4v) is 1.94. The van der Waals surface area contributed by atoms with Crippen LogP contribution in [0, 0.1) is 27.4 Å². The molecule has 0 bridgehead atoms. The molecule has 0 aliphatic heterocycles. The van der Waals surface area contributed by atoms with Crippen LogP contribution in [0.1, 0.15) is 22.8 Å². The van der Waals surface area contributed by atoms with Crippen LogP contribution < -0.4 is 0 Å². The number of carbonyl (C=O) groups is 1. The van der Waals surface area contributed by atoms with E-state index in [1.165, 1.54) is 0 Å². The van der Waals surface area contributed by atoms with Crippen molar-refractivity contribution in [2.24, 2.45) is 0 Å². The third kappa shape index (κ3) is 3.42. The van der Waals surface area contributed by atoms with Gasteiger partial charge in [0.1, 0.15) is 19.5 Å². The minimum absolute atomic E-state index is 0.423. The van der Waals surface area contributed by atoms with E-state index in [0.717, 1.165) is 13.0 Å². The largest absolute Gasteiger partial charge is 0.502 e. The lowest BCUT2D eigenvalue weighted by Crippen LogP contribution is -2.16. The molecule has 0 saturated carbocycles. The fraction of sp³-hybridized carbons (Fsp3) is 0.308. The molecule has 0 spiro atoms. The third-order valence-corrected chi connectivity index (χ3v) is 3.23. The van der Waals surface area contributed by atoms with Gasteiger partial charge in [0.2, 0.25) is 5.75 Å². The number of hydrogen-bond acceptors (Lipinski definition) is 4. The lowest BCUT2D eigenvalue weighted by molar-refractivity contribution is -0.386. The monoisotopic (exact) mass is 295 g/mol. The highest BCUT2D eigenvalue weighted by Gasteiger charge is 2.28. The van der Waals surface area contributed by atoms with E-state index >= 15 is 0 Å². The van der Waals surface area contributed by atoms with Crippen LogP contribution in [0.15, 0.2) is 6.07 Å². The van der Waals surface area contributed by atoms with Gasteiger partial charge in [-0.2, -0.15) is 0 Å². The number of aromatic hydroxyl groups is 1. The Bertz CT molecular complexity index is 653. The molecule has 7 heteroatoms. The van der Waals surface area contributed by atoms with E-state index in [-0.39, 0.29) is 0 Å². The summed E-state index contributed by atoms with van der Waals surface area (Å²) in [5.41, 5.74) is 1.03. The van der Waals surface area contributed by atoms with Gasteiger partial charge >= 0.3 is 5.69 Å². The van der Waals surface area contributed by atoms with Crippen LogP contribution in [-0.2, 0) is 0 Å². The number of phenolic OH excluding ortho intramolecular Hbond substituents is 1. The number of hydrogen-bond donors (Lipinski definition) is 1. The van der Waals surface area contributed by atoms with Gasteiger partial charge in [0.15, 0.2) is 5.78 Å². The number of halogens is 1. The lowest BCUT2D eigenvalue weighted by Gasteiger charge is -2.07. The Morgan fingerprint density at radius 2 is 2.00 bits per heavy atom. The number of nitro groups is 1. The molecule has 5 nitrogen and oxygen atoms in total. The first-order valence-electron chi connectivity index (χ1n) is 5.78. The van der Waals surface area contributed by atoms with Crippen molar-refractivity contribution in [3.63, 3.8) is 0 Å². The van der Waals surface area contributed by atoms with Crippen LogP contribution in [0.2, 0.25) is 19.6 Å². The molecule has 1 aromatic carbocycles. The van der Waals surface area contributed by atoms with Crippen molar-refractivity contribution >= 4 is 19.5 Å². The number of ketones is 1. The highest BCUT2D eigenvalue weighted by molar-refractivity contribution is 6.83.